The van der Waals surface area contributed by atoms with Crippen LogP contribution in [0.25, 0.3) is 11.5 Å². The van der Waals surface area contributed by atoms with E-state index in [-0.39, 0.29) is 10.8 Å². The fraction of sp³-hybridized carbons (Fsp3) is 0.400. The number of sulfonamides is 1. The van der Waals surface area contributed by atoms with Gasteiger partial charge in [0, 0.05) is 30.4 Å². The van der Waals surface area contributed by atoms with Crippen molar-refractivity contribution in [3.05, 3.63) is 53.1 Å². The molecule has 2 aromatic heterocycles. The lowest BCUT2D eigenvalue weighted by Crippen LogP contribution is -2.31. The summed E-state index contributed by atoms with van der Waals surface area (Å²) in [6.07, 6.45) is 2.10. The number of aromatic amines is 1. The number of aromatic nitrogens is 3. The topological polar surface area (TPSA) is 92.1 Å². The van der Waals surface area contributed by atoms with Gasteiger partial charge in [-0.2, -0.15) is 9.29 Å². The van der Waals surface area contributed by atoms with Crippen LogP contribution in [0, 0.1) is 13.8 Å². The van der Waals surface area contributed by atoms with Crippen LogP contribution in [-0.4, -0.2) is 34.4 Å². The minimum atomic E-state index is -3.76. The Balaban J connectivity index is 1.76. The summed E-state index contributed by atoms with van der Waals surface area (Å²) in [6, 6.07) is 9.58. The molecule has 7 nitrogen and oxygen atoms in total. The highest BCUT2D eigenvalue weighted by Gasteiger charge is 2.35. The summed E-state index contributed by atoms with van der Waals surface area (Å²) in [7, 11) is -3.76. The molecule has 8 heteroatoms. The van der Waals surface area contributed by atoms with Crippen molar-refractivity contribution in [3.8, 4) is 11.5 Å². The average molecular weight is 401 g/mol. The first-order valence-electron chi connectivity index (χ1n) is 9.49. The number of H-pyrrole nitrogens is 1. The number of hydrogen-bond acceptors (Lipinski definition) is 5. The monoisotopic (exact) mass is 400 g/mol. The Morgan fingerprint density at radius 2 is 1.89 bits per heavy atom. The lowest BCUT2D eigenvalue weighted by molar-refractivity contribution is 0.417. The summed E-state index contributed by atoms with van der Waals surface area (Å²) in [5.41, 5.74) is 2.69. The van der Waals surface area contributed by atoms with Gasteiger partial charge in [0.05, 0.1) is 5.56 Å². The van der Waals surface area contributed by atoms with E-state index < -0.39 is 10.0 Å². The molecule has 1 saturated carbocycles. The number of aryl methyl sites for hydroxylation is 2. The zero-order valence-electron chi connectivity index (χ0n) is 16.3. The predicted octanol–water partition coefficient (Wildman–Crippen LogP) is 3.77. The molecule has 1 aromatic carbocycles. The minimum Gasteiger partial charge on any atom is -0.361 e. The molecule has 1 fully saturated rings. The maximum Gasteiger partial charge on any atom is 0.261 e. The van der Waals surface area contributed by atoms with Crippen molar-refractivity contribution in [2.75, 3.05) is 6.54 Å². The predicted molar refractivity (Wildman–Crippen MR) is 105 cm³/mol. The third-order valence-electron chi connectivity index (χ3n) is 5.07. The van der Waals surface area contributed by atoms with E-state index in [2.05, 4.69) is 15.1 Å². The van der Waals surface area contributed by atoms with Crippen LogP contribution in [0.4, 0.5) is 0 Å². The Hall–Kier alpha value is -2.45. The number of hydrogen-bond donors (Lipinski definition) is 1. The molecule has 0 radical (unpaired) electrons. The van der Waals surface area contributed by atoms with Gasteiger partial charge < -0.3 is 9.51 Å². The SMILES string of the molecule is CCN(Cc1ccccc1)S(=O)(=O)c1c(C)[nH]c(C)c1-c1nc(C2CC2)no1. The number of rotatable bonds is 7. The van der Waals surface area contributed by atoms with Gasteiger partial charge in [-0.1, -0.05) is 42.4 Å². The average Bonchev–Trinajstić information content (AvgIpc) is 3.32. The van der Waals surface area contributed by atoms with Gasteiger partial charge in [-0.05, 0) is 32.3 Å². The first-order chi connectivity index (χ1) is 13.4. The summed E-state index contributed by atoms with van der Waals surface area (Å²) in [6.45, 7) is 6.10. The van der Waals surface area contributed by atoms with Gasteiger partial charge in [0.1, 0.15) is 4.90 Å². The maximum atomic E-state index is 13.6. The Morgan fingerprint density at radius 1 is 1.18 bits per heavy atom. The Morgan fingerprint density at radius 3 is 2.54 bits per heavy atom. The van der Waals surface area contributed by atoms with Crippen molar-refractivity contribution in [2.24, 2.45) is 0 Å². The number of nitrogens with one attached hydrogen (secondary N) is 1. The highest BCUT2D eigenvalue weighted by atomic mass is 32.2. The van der Waals surface area contributed by atoms with Crippen LogP contribution in [-0.2, 0) is 16.6 Å². The van der Waals surface area contributed by atoms with Crippen LogP contribution in [0.1, 0.15) is 48.5 Å². The van der Waals surface area contributed by atoms with Crippen molar-refractivity contribution in [1.29, 1.82) is 0 Å². The van der Waals surface area contributed by atoms with Gasteiger partial charge in [0.2, 0.25) is 10.0 Å². The largest absolute Gasteiger partial charge is 0.361 e. The van der Waals surface area contributed by atoms with Crippen molar-refractivity contribution in [1.82, 2.24) is 19.4 Å². The first kappa shape index (κ1) is 18.9. The zero-order chi connectivity index (χ0) is 19.9. The highest BCUT2D eigenvalue weighted by Crippen LogP contribution is 2.40. The second-order valence-corrected chi connectivity index (χ2v) is 9.10. The van der Waals surface area contributed by atoms with Crippen LogP contribution in [0.5, 0.6) is 0 Å². The summed E-state index contributed by atoms with van der Waals surface area (Å²) < 4.78 is 34.1. The molecule has 4 rings (SSSR count). The third kappa shape index (κ3) is 3.38. The number of benzene rings is 1. The van der Waals surface area contributed by atoms with E-state index in [1.165, 1.54) is 4.31 Å². The second kappa shape index (κ2) is 7.18. The van der Waals surface area contributed by atoms with E-state index in [4.69, 9.17) is 4.52 Å². The summed E-state index contributed by atoms with van der Waals surface area (Å²) in [4.78, 5) is 7.84. The van der Waals surface area contributed by atoms with Crippen LogP contribution in [0.2, 0.25) is 0 Å². The quantitative estimate of drug-likeness (QED) is 0.652. The van der Waals surface area contributed by atoms with Gasteiger partial charge in [-0.15, -0.1) is 0 Å². The molecule has 1 aliphatic rings. The van der Waals surface area contributed by atoms with Gasteiger partial charge in [-0.3, -0.25) is 0 Å². The van der Waals surface area contributed by atoms with Gasteiger partial charge >= 0.3 is 0 Å². The van der Waals surface area contributed by atoms with Crippen LogP contribution in [0.15, 0.2) is 39.8 Å². The molecule has 2 heterocycles. The lowest BCUT2D eigenvalue weighted by Gasteiger charge is -2.21. The fourth-order valence-corrected chi connectivity index (χ4v) is 5.32. The van der Waals surface area contributed by atoms with Crippen molar-refractivity contribution in [3.63, 3.8) is 0 Å². The molecule has 0 saturated heterocycles. The Labute approximate surface area is 164 Å². The molecule has 0 amide bonds. The summed E-state index contributed by atoms with van der Waals surface area (Å²) in [5.74, 6) is 1.26. The van der Waals surface area contributed by atoms with Gasteiger partial charge in [-0.25, -0.2) is 8.42 Å². The summed E-state index contributed by atoms with van der Waals surface area (Å²) in [5, 5.41) is 4.05. The van der Waals surface area contributed by atoms with E-state index in [0.29, 0.717) is 41.8 Å². The van der Waals surface area contributed by atoms with Crippen LogP contribution in [0.3, 0.4) is 0 Å². The van der Waals surface area contributed by atoms with Crippen molar-refractivity contribution >= 4 is 10.0 Å². The van der Waals surface area contributed by atoms with Gasteiger partial charge in [0.15, 0.2) is 5.82 Å². The zero-order valence-corrected chi connectivity index (χ0v) is 17.1. The molecule has 1 N–H and O–H groups in total. The van der Waals surface area contributed by atoms with E-state index in [0.717, 1.165) is 18.4 Å². The van der Waals surface area contributed by atoms with E-state index in [9.17, 15) is 8.42 Å². The standard InChI is InChI=1S/C20H24N4O3S/c1-4-24(12-15-8-6-5-7-9-15)28(25,26)18-14(3)21-13(2)17(18)20-22-19(23-27-20)16-10-11-16/h5-9,16,21H,4,10-12H2,1-3H3. The van der Waals surface area contributed by atoms with Crippen LogP contribution < -0.4 is 0 Å². The highest BCUT2D eigenvalue weighted by molar-refractivity contribution is 7.89. The molecular formula is C20H24N4O3S. The molecule has 0 atom stereocenters. The molecule has 148 valence electrons. The molecule has 28 heavy (non-hydrogen) atoms. The van der Waals surface area contributed by atoms with E-state index in [1.54, 1.807) is 6.92 Å². The Bertz CT molecular complexity index is 1080. The normalized spacial score (nSPS) is 14.7. The molecule has 0 spiro atoms. The van der Waals surface area contributed by atoms with Crippen molar-refractivity contribution in [2.45, 2.75) is 51.0 Å². The third-order valence-corrected chi connectivity index (χ3v) is 7.16. The fourth-order valence-electron chi connectivity index (χ4n) is 3.46. The maximum absolute atomic E-state index is 13.6. The molecular weight excluding hydrogens is 376 g/mol. The number of nitrogens with zero attached hydrogens (tertiary/aromatic N) is 3. The van der Waals surface area contributed by atoms with Gasteiger partial charge in [0.25, 0.3) is 5.89 Å². The van der Waals surface area contributed by atoms with Crippen molar-refractivity contribution < 1.29 is 12.9 Å². The molecule has 1 aliphatic carbocycles. The molecule has 0 aliphatic heterocycles. The molecule has 3 aromatic rings. The minimum absolute atomic E-state index is 0.216. The Kier molecular flexibility index (Phi) is 4.84. The lowest BCUT2D eigenvalue weighted by atomic mass is 10.2. The molecule has 0 bridgehead atoms. The molecule has 0 unspecified atom stereocenters. The smallest absolute Gasteiger partial charge is 0.261 e. The van der Waals surface area contributed by atoms with Crippen LogP contribution >= 0.6 is 0 Å². The first-order valence-corrected chi connectivity index (χ1v) is 10.9. The second-order valence-electron chi connectivity index (χ2n) is 7.23. The van der Waals surface area contributed by atoms with E-state index in [1.807, 2.05) is 44.2 Å². The summed E-state index contributed by atoms with van der Waals surface area (Å²) >= 11 is 0. The van der Waals surface area contributed by atoms with E-state index >= 15 is 0 Å².